The number of pyridine rings is 1. The Kier molecular flexibility index (Phi) is 8.21. The number of hydrogen-bond acceptors (Lipinski definition) is 3. The highest BCUT2D eigenvalue weighted by Crippen LogP contribution is 2.47. The average Bonchev–Trinajstić information content (AvgIpc) is 4.22. The molecule has 15 aromatic rings. The summed E-state index contributed by atoms with van der Waals surface area (Å²) in [5, 5.41) is 9.18. The monoisotopic (exact) mass is 912 g/mol. The molecule has 0 radical (unpaired) electrons. The van der Waals surface area contributed by atoms with Gasteiger partial charge in [0.15, 0.2) is 0 Å². The number of rotatable bonds is 5. The molecule has 0 N–H and O–H groups in total. The lowest BCUT2D eigenvalue weighted by Crippen LogP contribution is -2.12. The van der Waals surface area contributed by atoms with Crippen LogP contribution in [0.1, 0.15) is 26.3 Å². The van der Waals surface area contributed by atoms with Gasteiger partial charge in [-0.3, -0.25) is 9.13 Å². The highest BCUT2D eigenvalue weighted by Gasteiger charge is 2.27. The van der Waals surface area contributed by atoms with Crippen molar-refractivity contribution in [3.63, 3.8) is 0 Å². The molecule has 7 nitrogen and oxygen atoms in total. The van der Waals surface area contributed by atoms with Crippen LogP contribution in [0, 0.1) is 0 Å². The average molecular weight is 913 g/mol. The van der Waals surface area contributed by atoms with E-state index in [4.69, 9.17) is 14.4 Å². The van der Waals surface area contributed by atoms with Crippen molar-refractivity contribution in [1.82, 2.24) is 28.2 Å². The predicted molar refractivity (Wildman–Crippen MR) is 293 cm³/mol. The zero-order valence-electron chi connectivity index (χ0n) is 39.3. The summed E-state index contributed by atoms with van der Waals surface area (Å²) in [4.78, 5) is 10.5. The summed E-state index contributed by atoms with van der Waals surface area (Å²) in [5.41, 5.74) is 15.4. The molecule has 0 saturated heterocycles. The second kappa shape index (κ2) is 14.7. The fourth-order valence-electron chi connectivity index (χ4n) is 11.6. The molecule has 0 aliphatic carbocycles. The minimum atomic E-state index is -0.0431. The molecule has 0 fully saturated rings. The highest BCUT2D eigenvalue weighted by atomic mass is 16.3. The minimum absolute atomic E-state index is 0.0431. The molecule has 6 heterocycles. The Labute approximate surface area is 407 Å². The van der Waals surface area contributed by atoms with E-state index in [0.29, 0.717) is 0 Å². The summed E-state index contributed by atoms with van der Waals surface area (Å²) in [5.74, 6) is 1.71. The number of benzene rings is 9. The molecule has 0 unspecified atom stereocenters. The maximum Gasteiger partial charge on any atom is 0.149 e. The smallest absolute Gasteiger partial charge is 0.149 e. The maximum absolute atomic E-state index is 7.36. The molecule has 71 heavy (non-hydrogen) atoms. The summed E-state index contributed by atoms with van der Waals surface area (Å²) in [6.45, 7) is 6.77. The quantitative estimate of drug-likeness (QED) is 0.173. The Morgan fingerprint density at radius 3 is 1.63 bits per heavy atom. The molecule has 0 aliphatic heterocycles. The van der Waals surface area contributed by atoms with Gasteiger partial charge in [-0.1, -0.05) is 130 Å². The van der Waals surface area contributed by atoms with Crippen molar-refractivity contribution in [3.8, 4) is 34.3 Å². The van der Waals surface area contributed by atoms with Crippen molar-refractivity contribution in [2.45, 2.75) is 26.2 Å². The van der Waals surface area contributed by atoms with E-state index < -0.39 is 0 Å². The lowest BCUT2D eigenvalue weighted by Gasteiger charge is -2.20. The van der Waals surface area contributed by atoms with Gasteiger partial charge in [-0.15, -0.1) is 0 Å². The number of fused-ring (bicyclic) bond motifs is 14. The van der Waals surface area contributed by atoms with E-state index in [2.05, 4.69) is 245 Å². The third-order valence-electron chi connectivity index (χ3n) is 14.8. The fraction of sp³-hybridized carbons (Fsp3) is 0.0625. The first-order valence-electron chi connectivity index (χ1n) is 24.3. The van der Waals surface area contributed by atoms with Crippen LogP contribution >= 0.6 is 0 Å². The van der Waals surface area contributed by atoms with E-state index in [0.717, 1.165) is 111 Å². The Balaban J connectivity index is 1.07. The third kappa shape index (κ3) is 5.71. The third-order valence-corrected chi connectivity index (χ3v) is 14.8. The first-order chi connectivity index (χ1) is 34.9. The summed E-state index contributed by atoms with van der Waals surface area (Å²) < 4.78 is 16.8. The minimum Gasteiger partial charge on any atom is -0.455 e. The van der Waals surface area contributed by atoms with E-state index in [9.17, 15) is 0 Å². The topological polar surface area (TPSA) is 58.6 Å². The standard InChI is InChI=1S/C64H44N6O/c1-64(2,3)39-33-34-65-59(35-39)70-53-26-14-9-21-45(53)46-31-29-41(36-56(46)70)68-54-27-15-10-22-47(54)60-57(68)38-49(63-66-50-23-11-16-28-55(50)69(63)40-17-5-4-6-18-40)62-61(60)48-32-30-42(37-58(48)71-62)67-51-24-12-7-19-43(51)44-20-8-13-25-52(44)67/h4-38H,1-3H3. The number of aromatic nitrogens is 6. The zero-order valence-corrected chi connectivity index (χ0v) is 39.3. The van der Waals surface area contributed by atoms with Gasteiger partial charge in [0.25, 0.3) is 0 Å². The van der Waals surface area contributed by atoms with Gasteiger partial charge in [0, 0.05) is 72.4 Å². The molecule has 0 amide bonds. The molecule has 0 atom stereocenters. The number of imidazole rings is 1. The molecule has 0 bridgehead atoms. The van der Waals surface area contributed by atoms with Crippen molar-refractivity contribution in [2.75, 3.05) is 0 Å². The second-order valence-corrected chi connectivity index (χ2v) is 19.8. The highest BCUT2D eigenvalue weighted by molar-refractivity contribution is 6.30. The molecule has 0 aliphatic rings. The van der Waals surface area contributed by atoms with Gasteiger partial charge in [-0.2, -0.15) is 0 Å². The van der Waals surface area contributed by atoms with Crippen LogP contribution < -0.4 is 0 Å². The van der Waals surface area contributed by atoms with Crippen molar-refractivity contribution in [3.05, 3.63) is 218 Å². The van der Waals surface area contributed by atoms with Crippen LogP contribution in [0.2, 0.25) is 0 Å². The predicted octanol–water partition coefficient (Wildman–Crippen LogP) is 16.6. The van der Waals surface area contributed by atoms with Crippen LogP contribution in [0.15, 0.2) is 217 Å². The van der Waals surface area contributed by atoms with Gasteiger partial charge in [0.2, 0.25) is 0 Å². The molecular formula is C64H44N6O. The van der Waals surface area contributed by atoms with Gasteiger partial charge in [0.1, 0.15) is 22.8 Å². The van der Waals surface area contributed by atoms with Crippen LogP contribution in [0.25, 0.3) is 133 Å². The Hall–Kier alpha value is -9.20. The van der Waals surface area contributed by atoms with Crippen LogP contribution in [-0.4, -0.2) is 28.2 Å². The van der Waals surface area contributed by atoms with Gasteiger partial charge >= 0.3 is 0 Å². The van der Waals surface area contributed by atoms with Crippen molar-refractivity contribution < 1.29 is 4.42 Å². The van der Waals surface area contributed by atoms with E-state index in [1.54, 1.807) is 0 Å². The number of furan rings is 1. The van der Waals surface area contributed by atoms with Crippen molar-refractivity contribution in [2.24, 2.45) is 0 Å². The largest absolute Gasteiger partial charge is 0.455 e. The number of hydrogen-bond donors (Lipinski definition) is 0. The van der Waals surface area contributed by atoms with Gasteiger partial charge in [-0.05, 0) is 102 Å². The SMILES string of the molecule is CC(C)(C)c1ccnc(-n2c3ccccc3c3ccc(-n4c5ccccc5c5c6c(oc7cc(-n8c9ccccc9c9ccccc98)ccc76)c(-c6nc7ccccc7n6-c6ccccc6)cc54)cc32)c1. The lowest BCUT2D eigenvalue weighted by molar-refractivity contribution is 0.588. The summed E-state index contributed by atoms with van der Waals surface area (Å²) in [6.07, 6.45) is 1.95. The normalized spacial score (nSPS) is 12.4. The van der Waals surface area contributed by atoms with E-state index in [1.807, 2.05) is 6.20 Å². The molecular weight excluding hydrogens is 869 g/mol. The van der Waals surface area contributed by atoms with Crippen molar-refractivity contribution >= 4 is 98.4 Å². The first kappa shape index (κ1) is 39.8. The summed E-state index contributed by atoms with van der Waals surface area (Å²) in [7, 11) is 0. The fourth-order valence-corrected chi connectivity index (χ4v) is 11.6. The second-order valence-electron chi connectivity index (χ2n) is 19.8. The molecule has 9 aromatic carbocycles. The number of para-hydroxylation sites is 7. The molecule has 0 spiro atoms. The summed E-state index contributed by atoms with van der Waals surface area (Å²) in [6, 6.07) is 74.1. The maximum atomic E-state index is 7.36. The van der Waals surface area contributed by atoms with Gasteiger partial charge < -0.3 is 13.6 Å². The van der Waals surface area contributed by atoms with E-state index >= 15 is 0 Å². The Morgan fingerprint density at radius 2 is 0.944 bits per heavy atom. The molecule has 15 rings (SSSR count). The lowest BCUT2D eigenvalue weighted by atomic mass is 9.88. The van der Waals surface area contributed by atoms with Crippen LogP contribution in [0.5, 0.6) is 0 Å². The zero-order chi connectivity index (χ0) is 47.1. The number of nitrogens with zero attached hydrogens (tertiary/aromatic N) is 6. The molecule has 0 saturated carbocycles. The van der Waals surface area contributed by atoms with Gasteiger partial charge in [-0.25, -0.2) is 9.97 Å². The first-order valence-corrected chi connectivity index (χ1v) is 24.3. The Bertz CT molecular complexity index is 4630. The summed E-state index contributed by atoms with van der Waals surface area (Å²) >= 11 is 0. The van der Waals surface area contributed by atoms with Crippen LogP contribution in [0.3, 0.4) is 0 Å². The van der Waals surface area contributed by atoms with E-state index in [1.165, 1.54) is 27.1 Å². The Morgan fingerprint density at radius 1 is 0.394 bits per heavy atom. The molecule has 6 aromatic heterocycles. The van der Waals surface area contributed by atoms with Crippen LogP contribution in [0.4, 0.5) is 0 Å². The molecule has 336 valence electrons. The molecule has 7 heteroatoms. The van der Waals surface area contributed by atoms with Crippen LogP contribution in [-0.2, 0) is 5.41 Å². The van der Waals surface area contributed by atoms with Gasteiger partial charge in [0.05, 0.1) is 49.7 Å². The van der Waals surface area contributed by atoms with E-state index in [-0.39, 0.29) is 5.41 Å². The van der Waals surface area contributed by atoms with Crippen molar-refractivity contribution in [1.29, 1.82) is 0 Å².